The number of nitrogens with two attached hydrogens (primary N) is 1. The van der Waals surface area contributed by atoms with E-state index in [0.29, 0.717) is 12.2 Å². The van der Waals surface area contributed by atoms with Crippen LogP contribution in [-0.4, -0.2) is 22.3 Å². The summed E-state index contributed by atoms with van der Waals surface area (Å²) in [6.45, 7) is 0.403. The first-order valence-electron chi connectivity index (χ1n) is 6.37. The molecular weight excluding hydrogens is 228 g/mol. The minimum Gasteiger partial charge on any atom is -0.474 e. The van der Waals surface area contributed by atoms with E-state index in [1.54, 1.807) is 6.07 Å². The van der Waals surface area contributed by atoms with Gasteiger partial charge in [0.2, 0.25) is 0 Å². The lowest BCUT2D eigenvalue weighted by Crippen LogP contribution is -2.45. The van der Waals surface area contributed by atoms with Gasteiger partial charge in [-0.05, 0) is 18.9 Å². The van der Waals surface area contributed by atoms with Crippen molar-refractivity contribution >= 4 is 0 Å². The van der Waals surface area contributed by atoms with E-state index in [4.69, 9.17) is 15.7 Å². The molecular formula is C13H18N4O. The van der Waals surface area contributed by atoms with Gasteiger partial charge in [-0.1, -0.05) is 25.7 Å². The van der Waals surface area contributed by atoms with Gasteiger partial charge in [-0.25, -0.2) is 0 Å². The summed E-state index contributed by atoms with van der Waals surface area (Å²) >= 11 is 0. The topological polar surface area (TPSA) is 84.8 Å². The van der Waals surface area contributed by atoms with Crippen molar-refractivity contribution in [3.05, 3.63) is 17.8 Å². The molecule has 0 saturated heterocycles. The highest BCUT2D eigenvalue weighted by Crippen LogP contribution is 2.26. The van der Waals surface area contributed by atoms with E-state index in [-0.39, 0.29) is 11.4 Å². The Kier molecular flexibility index (Phi) is 4.11. The lowest BCUT2D eigenvalue weighted by atomic mass is 9.93. The zero-order valence-corrected chi connectivity index (χ0v) is 10.4. The molecule has 1 heterocycles. The van der Waals surface area contributed by atoms with Gasteiger partial charge in [0.25, 0.3) is 5.88 Å². The molecule has 0 atom stereocenters. The predicted octanol–water partition coefficient (Wildman–Crippen LogP) is 1.78. The zero-order valence-electron chi connectivity index (χ0n) is 10.4. The van der Waals surface area contributed by atoms with Crippen LogP contribution in [0, 0.1) is 11.3 Å². The Morgan fingerprint density at radius 3 is 2.72 bits per heavy atom. The molecule has 2 N–H and O–H groups in total. The van der Waals surface area contributed by atoms with Crippen LogP contribution in [0.5, 0.6) is 5.88 Å². The first-order valence-corrected chi connectivity index (χ1v) is 6.37. The van der Waals surface area contributed by atoms with Gasteiger partial charge in [0.1, 0.15) is 18.2 Å². The summed E-state index contributed by atoms with van der Waals surface area (Å²) in [6.07, 6.45) is 8.19. The molecule has 1 fully saturated rings. The maximum atomic E-state index is 8.94. The summed E-state index contributed by atoms with van der Waals surface area (Å²) in [6, 6.07) is 3.64. The first kappa shape index (κ1) is 12.8. The van der Waals surface area contributed by atoms with Gasteiger partial charge in [0, 0.05) is 0 Å². The van der Waals surface area contributed by atoms with Crippen LogP contribution in [0.1, 0.15) is 44.1 Å². The number of rotatable bonds is 3. The highest BCUT2D eigenvalue weighted by atomic mass is 16.5. The van der Waals surface area contributed by atoms with E-state index in [9.17, 15) is 0 Å². The van der Waals surface area contributed by atoms with Crippen molar-refractivity contribution in [1.82, 2.24) is 10.2 Å². The second kappa shape index (κ2) is 5.78. The summed E-state index contributed by atoms with van der Waals surface area (Å²) in [4.78, 5) is 0. The van der Waals surface area contributed by atoms with Crippen LogP contribution in [-0.2, 0) is 0 Å². The summed E-state index contributed by atoms with van der Waals surface area (Å²) in [7, 11) is 0. The van der Waals surface area contributed by atoms with Crippen LogP contribution in [0.15, 0.2) is 12.3 Å². The van der Waals surface area contributed by atoms with Gasteiger partial charge >= 0.3 is 0 Å². The van der Waals surface area contributed by atoms with Gasteiger partial charge in [-0.15, -0.1) is 5.10 Å². The SMILES string of the molecule is N#Cc1ccnnc1OCC1(N)CCCCCC1. The average molecular weight is 246 g/mol. The van der Waals surface area contributed by atoms with Crippen molar-refractivity contribution in [3.8, 4) is 11.9 Å². The fraction of sp³-hybridized carbons (Fsp3) is 0.615. The Bertz CT molecular complexity index is 433. The van der Waals surface area contributed by atoms with E-state index in [1.807, 2.05) is 6.07 Å². The Hall–Kier alpha value is -1.67. The van der Waals surface area contributed by atoms with Crippen LogP contribution in [0.4, 0.5) is 0 Å². The number of ether oxygens (including phenoxy) is 1. The van der Waals surface area contributed by atoms with Gasteiger partial charge in [0.05, 0.1) is 11.7 Å². The van der Waals surface area contributed by atoms with Crippen molar-refractivity contribution in [3.63, 3.8) is 0 Å². The summed E-state index contributed by atoms with van der Waals surface area (Å²) in [5, 5.41) is 16.5. The Labute approximate surface area is 107 Å². The molecule has 5 heteroatoms. The summed E-state index contributed by atoms with van der Waals surface area (Å²) in [5.74, 6) is 0.286. The zero-order chi connectivity index (χ0) is 12.8. The molecule has 2 rings (SSSR count). The number of hydrogen-bond acceptors (Lipinski definition) is 5. The van der Waals surface area contributed by atoms with E-state index >= 15 is 0 Å². The molecule has 0 radical (unpaired) electrons. The molecule has 96 valence electrons. The van der Waals surface area contributed by atoms with Gasteiger partial charge in [-0.2, -0.15) is 10.4 Å². The second-order valence-electron chi connectivity index (χ2n) is 4.93. The average Bonchev–Trinajstić information content (AvgIpc) is 2.62. The molecule has 0 amide bonds. The predicted molar refractivity (Wildman–Crippen MR) is 66.9 cm³/mol. The fourth-order valence-corrected chi connectivity index (χ4v) is 2.30. The van der Waals surface area contributed by atoms with Crippen LogP contribution < -0.4 is 10.5 Å². The molecule has 1 aromatic rings. The minimum absolute atomic E-state index is 0.286. The third kappa shape index (κ3) is 3.17. The Morgan fingerprint density at radius 2 is 2.06 bits per heavy atom. The van der Waals surface area contributed by atoms with E-state index in [0.717, 1.165) is 25.7 Å². The fourth-order valence-electron chi connectivity index (χ4n) is 2.30. The van der Waals surface area contributed by atoms with Crippen LogP contribution >= 0.6 is 0 Å². The highest BCUT2D eigenvalue weighted by molar-refractivity contribution is 5.35. The molecule has 1 aromatic heterocycles. The molecule has 5 nitrogen and oxygen atoms in total. The van der Waals surface area contributed by atoms with Crippen LogP contribution in [0.25, 0.3) is 0 Å². The molecule has 0 spiro atoms. The number of hydrogen-bond donors (Lipinski definition) is 1. The standard InChI is InChI=1S/C13H18N4O/c14-9-11-5-8-16-17-12(11)18-10-13(15)6-3-1-2-4-7-13/h5,8H,1-4,6-7,10,15H2. The van der Waals surface area contributed by atoms with Crippen molar-refractivity contribution in [2.24, 2.45) is 5.73 Å². The third-order valence-electron chi connectivity index (χ3n) is 3.40. The molecule has 1 aliphatic carbocycles. The van der Waals surface area contributed by atoms with Gasteiger partial charge < -0.3 is 10.5 Å². The molecule has 18 heavy (non-hydrogen) atoms. The summed E-state index contributed by atoms with van der Waals surface area (Å²) < 4.78 is 5.60. The monoisotopic (exact) mass is 246 g/mol. The molecule has 0 aliphatic heterocycles. The number of nitriles is 1. The Balaban J connectivity index is 2.00. The first-order chi connectivity index (χ1) is 8.73. The normalized spacial score (nSPS) is 18.7. The van der Waals surface area contributed by atoms with Gasteiger partial charge in [-0.3, -0.25) is 0 Å². The van der Waals surface area contributed by atoms with Crippen molar-refractivity contribution in [2.45, 2.75) is 44.1 Å². The minimum atomic E-state index is -0.291. The van der Waals surface area contributed by atoms with E-state index in [2.05, 4.69) is 10.2 Å². The van der Waals surface area contributed by atoms with Crippen LogP contribution in [0.2, 0.25) is 0 Å². The molecule has 0 unspecified atom stereocenters. The molecule has 0 aromatic carbocycles. The van der Waals surface area contributed by atoms with Crippen molar-refractivity contribution in [2.75, 3.05) is 6.61 Å². The molecule has 0 bridgehead atoms. The molecule has 1 saturated carbocycles. The highest BCUT2D eigenvalue weighted by Gasteiger charge is 2.27. The maximum absolute atomic E-state index is 8.94. The van der Waals surface area contributed by atoms with E-state index < -0.39 is 0 Å². The quantitative estimate of drug-likeness (QED) is 0.822. The van der Waals surface area contributed by atoms with Gasteiger partial charge in [0.15, 0.2) is 0 Å². The van der Waals surface area contributed by atoms with Crippen LogP contribution in [0.3, 0.4) is 0 Å². The molecule has 1 aliphatic rings. The number of nitrogens with zero attached hydrogens (tertiary/aromatic N) is 3. The third-order valence-corrected chi connectivity index (χ3v) is 3.40. The largest absolute Gasteiger partial charge is 0.474 e. The Morgan fingerprint density at radius 1 is 1.33 bits per heavy atom. The summed E-state index contributed by atoms with van der Waals surface area (Å²) in [5.41, 5.74) is 6.46. The second-order valence-corrected chi connectivity index (χ2v) is 4.93. The number of aromatic nitrogens is 2. The van der Waals surface area contributed by atoms with E-state index in [1.165, 1.54) is 19.0 Å². The van der Waals surface area contributed by atoms with Crippen molar-refractivity contribution < 1.29 is 4.74 Å². The lowest BCUT2D eigenvalue weighted by molar-refractivity contribution is 0.191. The smallest absolute Gasteiger partial charge is 0.251 e. The van der Waals surface area contributed by atoms with Crippen molar-refractivity contribution in [1.29, 1.82) is 5.26 Å². The maximum Gasteiger partial charge on any atom is 0.251 e. The lowest BCUT2D eigenvalue weighted by Gasteiger charge is -2.27.